The molecule has 0 spiro atoms. The standard InChI is InChI=1S/C19H20F3N3O3/c1-3-14(26)10-17-23-8-7-16(25-17)18(27)24-12(2)13-5-4-6-15(9-13)28-11-19(20,21)22/h4-9,12H,3,10-11H2,1-2H3,(H,24,27). The summed E-state index contributed by atoms with van der Waals surface area (Å²) in [7, 11) is 0. The van der Waals surface area contributed by atoms with Gasteiger partial charge in [0, 0.05) is 12.6 Å². The molecule has 1 N–H and O–H groups in total. The van der Waals surface area contributed by atoms with Gasteiger partial charge >= 0.3 is 6.18 Å². The van der Waals surface area contributed by atoms with Crippen LogP contribution in [0, 0.1) is 0 Å². The van der Waals surface area contributed by atoms with Gasteiger partial charge in [-0.2, -0.15) is 13.2 Å². The monoisotopic (exact) mass is 395 g/mol. The van der Waals surface area contributed by atoms with Crippen molar-refractivity contribution in [1.82, 2.24) is 15.3 Å². The number of hydrogen-bond acceptors (Lipinski definition) is 5. The van der Waals surface area contributed by atoms with Gasteiger partial charge in [-0.05, 0) is 30.7 Å². The van der Waals surface area contributed by atoms with E-state index in [1.807, 2.05) is 0 Å². The van der Waals surface area contributed by atoms with Crippen molar-refractivity contribution < 1.29 is 27.5 Å². The van der Waals surface area contributed by atoms with Crippen LogP contribution in [0.25, 0.3) is 0 Å². The second kappa shape index (κ2) is 9.29. The highest BCUT2D eigenvalue weighted by Crippen LogP contribution is 2.22. The number of ether oxygens (including phenoxy) is 1. The summed E-state index contributed by atoms with van der Waals surface area (Å²) in [6, 6.07) is 6.97. The van der Waals surface area contributed by atoms with Crippen LogP contribution >= 0.6 is 0 Å². The first kappa shape index (κ1) is 21.3. The van der Waals surface area contributed by atoms with Crippen LogP contribution in [0.15, 0.2) is 36.5 Å². The van der Waals surface area contributed by atoms with Crippen LogP contribution < -0.4 is 10.1 Å². The fourth-order valence-corrected chi connectivity index (χ4v) is 2.30. The lowest BCUT2D eigenvalue weighted by Gasteiger charge is -2.16. The van der Waals surface area contributed by atoms with Gasteiger partial charge in [0.1, 0.15) is 23.1 Å². The predicted octanol–water partition coefficient (Wildman–Crippen LogP) is 3.43. The summed E-state index contributed by atoms with van der Waals surface area (Å²) >= 11 is 0. The number of nitrogens with one attached hydrogen (secondary N) is 1. The van der Waals surface area contributed by atoms with Crippen molar-refractivity contribution >= 4 is 11.7 Å². The molecule has 0 fully saturated rings. The zero-order valence-electron chi connectivity index (χ0n) is 15.4. The van der Waals surface area contributed by atoms with E-state index >= 15 is 0 Å². The third-order valence-electron chi connectivity index (χ3n) is 3.80. The zero-order chi connectivity index (χ0) is 20.7. The molecule has 28 heavy (non-hydrogen) atoms. The Morgan fingerprint density at radius 1 is 1.25 bits per heavy atom. The van der Waals surface area contributed by atoms with Crippen molar-refractivity contribution in [2.24, 2.45) is 0 Å². The van der Waals surface area contributed by atoms with Crippen LogP contribution in [0.5, 0.6) is 5.75 Å². The molecule has 0 saturated heterocycles. The van der Waals surface area contributed by atoms with Gasteiger partial charge in [0.2, 0.25) is 0 Å². The third-order valence-corrected chi connectivity index (χ3v) is 3.80. The maximum atomic E-state index is 12.4. The summed E-state index contributed by atoms with van der Waals surface area (Å²) in [6.45, 7) is 2.02. The molecule has 0 aliphatic heterocycles. The lowest BCUT2D eigenvalue weighted by Crippen LogP contribution is -2.28. The molecular formula is C19H20F3N3O3. The number of halogens is 3. The van der Waals surface area contributed by atoms with Crippen molar-refractivity contribution in [1.29, 1.82) is 0 Å². The van der Waals surface area contributed by atoms with Gasteiger partial charge in [0.15, 0.2) is 6.61 Å². The number of ketones is 1. The second-order valence-corrected chi connectivity index (χ2v) is 6.10. The average molecular weight is 395 g/mol. The number of Topliss-reactive ketones (excluding diaryl/α,β-unsaturated/α-hetero) is 1. The maximum Gasteiger partial charge on any atom is 0.422 e. The highest BCUT2D eigenvalue weighted by molar-refractivity contribution is 5.92. The number of carbonyl (C=O) groups is 2. The third kappa shape index (κ3) is 6.64. The van der Waals surface area contributed by atoms with Crippen LogP contribution in [-0.4, -0.2) is 34.4 Å². The van der Waals surface area contributed by atoms with Gasteiger partial charge in [0.25, 0.3) is 5.91 Å². The average Bonchev–Trinajstić information content (AvgIpc) is 2.66. The Labute approximate surface area is 160 Å². The lowest BCUT2D eigenvalue weighted by atomic mass is 10.1. The maximum absolute atomic E-state index is 12.4. The van der Waals surface area contributed by atoms with E-state index in [-0.39, 0.29) is 29.5 Å². The van der Waals surface area contributed by atoms with Crippen molar-refractivity contribution in [3.8, 4) is 5.75 Å². The first-order valence-corrected chi connectivity index (χ1v) is 8.62. The summed E-state index contributed by atoms with van der Waals surface area (Å²) < 4.78 is 41.6. The molecule has 6 nitrogen and oxygen atoms in total. The molecule has 1 unspecified atom stereocenters. The van der Waals surface area contributed by atoms with E-state index in [0.717, 1.165) is 0 Å². The minimum absolute atomic E-state index is 0.0402. The van der Waals surface area contributed by atoms with Crippen molar-refractivity contribution in [3.63, 3.8) is 0 Å². The molecule has 2 aromatic rings. The minimum Gasteiger partial charge on any atom is -0.484 e. The molecule has 9 heteroatoms. The summed E-state index contributed by atoms with van der Waals surface area (Å²) in [6.07, 6.45) is -2.63. The van der Waals surface area contributed by atoms with E-state index in [4.69, 9.17) is 4.74 Å². The van der Waals surface area contributed by atoms with E-state index in [1.165, 1.54) is 24.4 Å². The topological polar surface area (TPSA) is 81.2 Å². The quantitative estimate of drug-likeness (QED) is 0.741. The van der Waals surface area contributed by atoms with Gasteiger partial charge in [-0.1, -0.05) is 19.1 Å². The predicted molar refractivity (Wildman–Crippen MR) is 94.9 cm³/mol. The van der Waals surface area contributed by atoms with Crippen LogP contribution in [0.1, 0.15) is 48.2 Å². The molecule has 0 bridgehead atoms. The zero-order valence-corrected chi connectivity index (χ0v) is 15.4. The number of amides is 1. The van der Waals surface area contributed by atoms with Crippen molar-refractivity contribution in [2.75, 3.05) is 6.61 Å². The first-order chi connectivity index (χ1) is 13.2. The van der Waals surface area contributed by atoms with Gasteiger partial charge in [-0.15, -0.1) is 0 Å². The number of hydrogen-bond donors (Lipinski definition) is 1. The number of carbonyl (C=O) groups excluding carboxylic acids is 2. The Morgan fingerprint density at radius 2 is 2.00 bits per heavy atom. The first-order valence-electron chi connectivity index (χ1n) is 8.62. The SMILES string of the molecule is CCC(=O)Cc1nccc(C(=O)NC(C)c2cccc(OCC(F)(F)F)c2)n1. The Bertz CT molecular complexity index is 840. The molecule has 2 rings (SSSR count). The molecule has 0 aliphatic rings. The van der Waals surface area contributed by atoms with E-state index in [1.54, 1.807) is 26.0 Å². The molecule has 0 saturated carbocycles. The normalized spacial score (nSPS) is 12.3. The Kier molecular flexibility index (Phi) is 7.08. The van der Waals surface area contributed by atoms with E-state index < -0.39 is 24.7 Å². The molecule has 1 heterocycles. The van der Waals surface area contributed by atoms with Crippen LogP contribution in [0.2, 0.25) is 0 Å². The lowest BCUT2D eigenvalue weighted by molar-refractivity contribution is -0.153. The van der Waals surface area contributed by atoms with Crippen LogP contribution in [0.3, 0.4) is 0 Å². The van der Waals surface area contributed by atoms with Gasteiger partial charge < -0.3 is 10.1 Å². The molecule has 1 amide bonds. The Morgan fingerprint density at radius 3 is 2.68 bits per heavy atom. The molecule has 1 atom stereocenters. The van der Waals surface area contributed by atoms with Crippen molar-refractivity contribution in [2.45, 2.75) is 38.9 Å². The molecule has 1 aromatic carbocycles. The van der Waals surface area contributed by atoms with Crippen LogP contribution in [0.4, 0.5) is 13.2 Å². The molecule has 0 aliphatic carbocycles. The molecule has 1 aromatic heterocycles. The fraction of sp³-hybridized carbons (Fsp3) is 0.368. The Hall–Kier alpha value is -2.97. The number of nitrogens with zero attached hydrogens (tertiary/aromatic N) is 2. The van der Waals surface area contributed by atoms with Crippen LogP contribution in [-0.2, 0) is 11.2 Å². The highest BCUT2D eigenvalue weighted by Gasteiger charge is 2.28. The number of benzene rings is 1. The summed E-state index contributed by atoms with van der Waals surface area (Å²) in [4.78, 5) is 32.0. The Balaban J connectivity index is 2.04. The second-order valence-electron chi connectivity index (χ2n) is 6.10. The smallest absolute Gasteiger partial charge is 0.422 e. The van der Waals surface area contributed by atoms with Crippen molar-refractivity contribution in [3.05, 3.63) is 53.6 Å². The largest absolute Gasteiger partial charge is 0.484 e. The van der Waals surface area contributed by atoms with E-state index in [9.17, 15) is 22.8 Å². The highest BCUT2D eigenvalue weighted by atomic mass is 19.4. The van der Waals surface area contributed by atoms with Gasteiger partial charge in [0.05, 0.1) is 12.5 Å². The summed E-state index contributed by atoms with van der Waals surface area (Å²) in [5.74, 6) is -0.212. The van der Waals surface area contributed by atoms with Gasteiger partial charge in [-0.25, -0.2) is 9.97 Å². The minimum atomic E-state index is -4.43. The fourth-order valence-electron chi connectivity index (χ4n) is 2.30. The number of rotatable bonds is 8. The number of alkyl halides is 3. The van der Waals surface area contributed by atoms with E-state index in [0.29, 0.717) is 12.0 Å². The molecular weight excluding hydrogens is 375 g/mol. The molecule has 0 radical (unpaired) electrons. The van der Waals surface area contributed by atoms with E-state index in [2.05, 4.69) is 15.3 Å². The number of aromatic nitrogens is 2. The molecule has 150 valence electrons. The van der Waals surface area contributed by atoms with Gasteiger partial charge in [-0.3, -0.25) is 9.59 Å². The summed E-state index contributed by atoms with van der Waals surface area (Å²) in [5, 5.41) is 2.71. The summed E-state index contributed by atoms with van der Waals surface area (Å²) in [5.41, 5.74) is 0.675.